The van der Waals surface area contributed by atoms with Gasteiger partial charge in [0, 0.05) is 6.54 Å². The Balaban J connectivity index is 2.03. The molecule has 0 spiro atoms. The number of nitrogens with one attached hydrogen (secondary N) is 1. The van der Waals surface area contributed by atoms with E-state index in [0.717, 1.165) is 21.7 Å². The minimum Gasteiger partial charge on any atom is -0.354 e. The monoisotopic (exact) mass is 360 g/mol. The number of carbonyl (C=O) groups excluding carboxylic acids is 1. The molecule has 0 unspecified atom stereocenters. The van der Waals surface area contributed by atoms with E-state index in [1.807, 2.05) is 50.2 Å². The molecule has 134 valence electrons. The molecule has 0 heterocycles. The smallest absolute Gasteiger partial charge is 0.240 e. The summed E-state index contributed by atoms with van der Waals surface area (Å²) >= 11 is 0. The van der Waals surface area contributed by atoms with Crippen molar-refractivity contribution >= 4 is 21.6 Å². The Bertz CT molecular complexity index is 820. The molecule has 0 bridgehead atoms. The van der Waals surface area contributed by atoms with E-state index in [-0.39, 0.29) is 18.4 Å². The number of nitrogens with zero attached hydrogens (tertiary/aromatic N) is 1. The van der Waals surface area contributed by atoms with Crippen molar-refractivity contribution in [1.82, 2.24) is 5.32 Å². The van der Waals surface area contributed by atoms with Crippen molar-refractivity contribution in [2.75, 3.05) is 23.7 Å². The molecule has 0 aromatic heterocycles. The van der Waals surface area contributed by atoms with Crippen molar-refractivity contribution in [3.05, 3.63) is 65.7 Å². The van der Waals surface area contributed by atoms with Crippen molar-refractivity contribution in [3.63, 3.8) is 0 Å². The molecular formula is C19H24N2O3S. The fraction of sp³-hybridized carbons (Fsp3) is 0.316. The maximum absolute atomic E-state index is 12.3. The molecule has 1 amide bonds. The van der Waals surface area contributed by atoms with E-state index >= 15 is 0 Å². The number of rotatable bonds is 7. The maximum Gasteiger partial charge on any atom is 0.240 e. The topological polar surface area (TPSA) is 66.5 Å². The van der Waals surface area contributed by atoms with Crippen LogP contribution < -0.4 is 9.62 Å². The fourth-order valence-electron chi connectivity index (χ4n) is 2.54. The van der Waals surface area contributed by atoms with Crippen LogP contribution in [0, 0.1) is 6.92 Å². The molecule has 0 aliphatic rings. The Morgan fingerprint density at radius 2 is 1.80 bits per heavy atom. The van der Waals surface area contributed by atoms with Gasteiger partial charge in [-0.05, 0) is 36.1 Å². The highest BCUT2D eigenvalue weighted by molar-refractivity contribution is 7.92. The van der Waals surface area contributed by atoms with Crippen molar-refractivity contribution in [3.8, 4) is 0 Å². The van der Waals surface area contributed by atoms with Gasteiger partial charge in [0.1, 0.15) is 6.54 Å². The lowest BCUT2D eigenvalue weighted by atomic mass is 10.0. The molecule has 1 atom stereocenters. The molecule has 5 nitrogen and oxygen atoms in total. The van der Waals surface area contributed by atoms with Crippen LogP contribution in [-0.2, 0) is 14.8 Å². The van der Waals surface area contributed by atoms with Crippen molar-refractivity contribution < 1.29 is 13.2 Å². The van der Waals surface area contributed by atoms with Crippen LogP contribution in [0.25, 0.3) is 0 Å². The lowest BCUT2D eigenvalue weighted by Gasteiger charge is -2.22. The molecule has 2 aromatic rings. The van der Waals surface area contributed by atoms with Crippen LogP contribution in [0.5, 0.6) is 0 Å². The number of carbonyl (C=O) groups is 1. The lowest BCUT2D eigenvalue weighted by Crippen LogP contribution is -2.41. The SMILES string of the molecule is Cc1cccc(N(CC(=O)NC[C@@H](C)c2ccccc2)S(C)(=O)=O)c1. The second-order valence-corrected chi connectivity index (χ2v) is 8.13. The number of hydrogen-bond acceptors (Lipinski definition) is 3. The first-order valence-electron chi connectivity index (χ1n) is 8.13. The molecule has 2 rings (SSSR count). The van der Waals surface area contributed by atoms with Gasteiger partial charge in [0.2, 0.25) is 15.9 Å². The van der Waals surface area contributed by atoms with Gasteiger partial charge in [-0.3, -0.25) is 9.10 Å². The van der Waals surface area contributed by atoms with Crippen molar-refractivity contribution in [2.45, 2.75) is 19.8 Å². The zero-order valence-corrected chi connectivity index (χ0v) is 15.6. The fourth-order valence-corrected chi connectivity index (χ4v) is 3.38. The maximum atomic E-state index is 12.3. The van der Waals surface area contributed by atoms with Crippen LogP contribution >= 0.6 is 0 Å². The Kier molecular flexibility index (Phi) is 6.20. The normalized spacial score (nSPS) is 12.4. The van der Waals surface area contributed by atoms with Gasteiger partial charge in [-0.25, -0.2) is 8.42 Å². The summed E-state index contributed by atoms with van der Waals surface area (Å²) in [4.78, 5) is 12.3. The number of amides is 1. The number of aryl methyl sites for hydroxylation is 1. The van der Waals surface area contributed by atoms with Gasteiger partial charge < -0.3 is 5.32 Å². The van der Waals surface area contributed by atoms with E-state index in [4.69, 9.17) is 0 Å². The first-order chi connectivity index (χ1) is 11.8. The largest absolute Gasteiger partial charge is 0.354 e. The first kappa shape index (κ1) is 19.0. The van der Waals surface area contributed by atoms with Gasteiger partial charge in [-0.15, -0.1) is 0 Å². The minimum absolute atomic E-state index is 0.149. The summed E-state index contributed by atoms with van der Waals surface area (Å²) in [5, 5.41) is 2.82. The van der Waals surface area contributed by atoms with E-state index in [1.165, 1.54) is 0 Å². The van der Waals surface area contributed by atoms with Crippen molar-refractivity contribution in [2.24, 2.45) is 0 Å². The van der Waals surface area contributed by atoms with E-state index < -0.39 is 10.0 Å². The van der Waals surface area contributed by atoms with Crippen LogP contribution in [0.1, 0.15) is 24.0 Å². The molecule has 0 aliphatic heterocycles. The Hall–Kier alpha value is -2.34. The summed E-state index contributed by atoms with van der Waals surface area (Å²) in [6, 6.07) is 17.0. The predicted octanol–water partition coefficient (Wildman–Crippen LogP) is 2.68. The van der Waals surface area contributed by atoms with Gasteiger partial charge in [-0.2, -0.15) is 0 Å². The van der Waals surface area contributed by atoms with E-state index in [9.17, 15) is 13.2 Å². The number of anilines is 1. The molecule has 25 heavy (non-hydrogen) atoms. The van der Waals surface area contributed by atoms with Gasteiger partial charge in [0.05, 0.1) is 11.9 Å². The summed E-state index contributed by atoms with van der Waals surface area (Å²) < 4.78 is 25.3. The standard InChI is InChI=1S/C19H24N2O3S/c1-15-8-7-11-18(12-15)21(25(3,23)24)14-19(22)20-13-16(2)17-9-5-4-6-10-17/h4-12,16H,13-14H2,1-3H3,(H,20,22)/t16-/m1/s1. The first-order valence-corrected chi connectivity index (χ1v) is 9.98. The third kappa shape index (κ3) is 5.60. The van der Waals surface area contributed by atoms with Crippen molar-refractivity contribution in [1.29, 1.82) is 0 Å². The lowest BCUT2D eigenvalue weighted by molar-refractivity contribution is -0.119. The third-order valence-electron chi connectivity index (χ3n) is 3.95. The summed E-state index contributed by atoms with van der Waals surface area (Å²) in [6.07, 6.45) is 1.11. The van der Waals surface area contributed by atoms with Crippen LogP contribution in [0.2, 0.25) is 0 Å². The van der Waals surface area contributed by atoms with Crippen LogP contribution in [0.4, 0.5) is 5.69 Å². The molecule has 1 N–H and O–H groups in total. The van der Waals surface area contributed by atoms with E-state index in [0.29, 0.717) is 12.2 Å². The zero-order chi connectivity index (χ0) is 18.4. The summed E-state index contributed by atoms with van der Waals surface area (Å²) in [5.74, 6) is -0.175. The Labute approximate surface area is 149 Å². The summed E-state index contributed by atoms with van der Waals surface area (Å²) in [7, 11) is -3.55. The van der Waals surface area contributed by atoms with Crippen LogP contribution in [0.15, 0.2) is 54.6 Å². The average molecular weight is 360 g/mol. The van der Waals surface area contributed by atoms with Gasteiger partial charge in [-0.1, -0.05) is 49.4 Å². The second-order valence-electron chi connectivity index (χ2n) is 6.22. The molecule has 0 saturated heterocycles. The van der Waals surface area contributed by atoms with Crippen LogP contribution in [0.3, 0.4) is 0 Å². The average Bonchev–Trinajstić information content (AvgIpc) is 2.57. The van der Waals surface area contributed by atoms with Gasteiger partial charge in [0.25, 0.3) is 0 Å². The molecule has 0 saturated carbocycles. The molecule has 6 heteroatoms. The third-order valence-corrected chi connectivity index (χ3v) is 5.09. The van der Waals surface area contributed by atoms with Gasteiger partial charge >= 0.3 is 0 Å². The molecule has 0 aliphatic carbocycles. The molecule has 0 fully saturated rings. The number of sulfonamides is 1. The second kappa shape index (κ2) is 8.16. The highest BCUT2D eigenvalue weighted by Gasteiger charge is 2.21. The quantitative estimate of drug-likeness (QED) is 0.825. The summed E-state index contributed by atoms with van der Waals surface area (Å²) in [6.45, 7) is 4.12. The Morgan fingerprint density at radius 3 is 2.40 bits per heavy atom. The minimum atomic E-state index is -3.55. The molecule has 2 aromatic carbocycles. The van der Waals surface area contributed by atoms with E-state index in [1.54, 1.807) is 18.2 Å². The molecule has 0 radical (unpaired) electrons. The number of hydrogen-bond donors (Lipinski definition) is 1. The van der Waals surface area contributed by atoms with Gasteiger partial charge in [0.15, 0.2) is 0 Å². The highest BCUT2D eigenvalue weighted by atomic mass is 32.2. The predicted molar refractivity (Wildman–Crippen MR) is 101 cm³/mol. The van der Waals surface area contributed by atoms with E-state index in [2.05, 4.69) is 5.32 Å². The van der Waals surface area contributed by atoms with Crippen LogP contribution in [-0.4, -0.2) is 33.7 Å². The molecular weight excluding hydrogens is 336 g/mol. The summed E-state index contributed by atoms with van der Waals surface area (Å²) in [5.41, 5.74) is 2.56. The Morgan fingerprint density at radius 1 is 1.12 bits per heavy atom. The zero-order valence-electron chi connectivity index (χ0n) is 14.8. The number of benzene rings is 2. The highest BCUT2D eigenvalue weighted by Crippen LogP contribution is 2.18.